The van der Waals surface area contributed by atoms with Crippen LogP contribution in [0.15, 0.2) is 27.1 Å². The van der Waals surface area contributed by atoms with Gasteiger partial charge < -0.3 is 5.11 Å². The molecule has 3 heteroatoms. The third-order valence-electron chi connectivity index (χ3n) is 4.72. The normalized spacial score (nSPS) is 23.5. The summed E-state index contributed by atoms with van der Waals surface area (Å²) in [5.74, 6) is 0.306. The third-order valence-corrected chi connectivity index (χ3v) is 5.94. The molecule has 2 rings (SSSR count). The van der Waals surface area contributed by atoms with Crippen LogP contribution in [-0.4, -0.2) is 5.11 Å². The summed E-state index contributed by atoms with van der Waals surface area (Å²) < 4.78 is 1.98. The molecule has 94 valence electrons. The predicted molar refractivity (Wildman–Crippen MR) is 77.9 cm³/mol. The van der Waals surface area contributed by atoms with Crippen molar-refractivity contribution in [1.29, 1.82) is 0 Å². The van der Waals surface area contributed by atoms with Crippen LogP contribution in [0.25, 0.3) is 0 Å². The Hall–Kier alpha value is 0.140. The molecule has 1 aliphatic rings. The Morgan fingerprint density at radius 3 is 2.12 bits per heavy atom. The maximum Gasteiger partial charge on any atom is 0.0840 e. The molecule has 17 heavy (non-hydrogen) atoms. The largest absolute Gasteiger partial charge is 0.388 e. The lowest BCUT2D eigenvalue weighted by molar-refractivity contribution is 0.130. The third kappa shape index (κ3) is 2.00. The van der Waals surface area contributed by atoms with Crippen molar-refractivity contribution in [2.75, 3.05) is 0 Å². The van der Waals surface area contributed by atoms with Crippen molar-refractivity contribution in [3.63, 3.8) is 0 Å². The summed E-state index contributed by atoms with van der Waals surface area (Å²) >= 11 is 6.98. The topological polar surface area (TPSA) is 20.2 Å². The molecular formula is C14H18Br2O. The SMILES string of the molecule is CC1(C)C(C(O)c2cc(Br)ccc2Br)C1(C)C. The van der Waals surface area contributed by atoms with Gasteiger partial charge in [0.2, 0.25) is 0 Å². The Kier molecular flexibility index (Phi) is 3.25. The van der Waals surface area contributed by atoms with Gasteiger partial charge in [-0.15, -0.1) is 0 Å². The summed E-state index contributed by atoms with van der Waals surface area (Å²) in [6.07, 6.45) is -0.410. The van der Waals surface area contributed by atoms with E-state index in [1.807, 2.05) is 18.2 Å². The van der Waals surface area contributed by atoms with Crippen LogP contribution >= 0.6 is 31.9 Å². The van der Waals surface area contributed by atoms with Gasteiger partial charge in [-0.25, -0.2) is 0 Å². The van der Waals surface area contributed by atoms with E-state index in [1.54, 1.807) is 0 Å². The lowest BCUT2D eigenvalue weighted by Crippen LogP contribution is -2.06. The molecule has 1 saturated carbocycles. The fraction of sp³-hybridized carbons (Fsp3) is 0.571. The molecule has 0 amide bonds. The number of rotatable bonds is 2. The molecule has 0 spiro atoms. The minimum absolute atomic E-state index is 0.189. The molecule has 0 bridgehead atoms. The monoisotopic (exact) mass is 360 g/mol. The van der Waals surface area contributed by atoms with Gasteiger partial charge >= 0.3 is 0 Å². The molecule has 0 saturated heterocycles. The Morgan fingerprint density at radius 2 is 1.65 bits per heavy atom. The quantitative estimate of drug-likeness (QED) is 0.791. The average molecular weight is 362 g/mol. The van der Waals surface area contributed by atoms with Crippen molar-refractivity contribution < 1.29 is 5.11 Å². The van der Waals surface area contributed by atoms with Crippen molar-refractivity contribution in [2.45, 2.75) is 33.8 Å². The zero-order valence-corrected chi connectivity index (χ0v) is 13.8. The summed E-state index contributed by atoms with van der Waals surface area (Å²) in [4.78, 5) is 0. The summed E-state index contributed by atoms with van der Waals surface area (Å²) in [7, 11) is 0. The van der Waals surface area contributed by atoms with Gasteiger partial charge in [0.25, 0.3) is 0 Å². The maximum atomic E-state index is 10.6. The van der Waals surface area contributed by atoms with Crippen LogP contribution in [0, 0.1) is 16.7 Å². The van der Waals surface area contributed by atoms with Gasteiger partial charge in [-0.2, -0.15) is 0 Å². The van der Waals surface area contributed by atoms with Crippen LogP contribution in [0.1, 0.15) is 39.4 Å². The Morgan fingerprint density at radius 1 is 1.12 bits per heavy atom. The zero-order chi connectivity index (χ0) is 13.0. The highest BCUT2D eigenvalue weighted by molar-refractivity contribution is 9.11. The van der Waals surface area contributed by atoms with E-state index in [1.165, 1.54) is 0 Å². The van der Waals surface area contributed by atoms with E-state index in [0.717, 1.165) is 14.5 Å². The molecule has 1 unspecified atom stereocenters. The number of hydrogen-bond acceptors (Lipinski definition) is 1. The van der Waals surface area contributed by atoms with Crippen LogP contribution < -0.4 is 0 Å². The Balaban J connectivity index is 2.34. The maximum absolute atomic E-state index is 10.6. The molecule has 0 aromatic heterocycles. The van der Waals surface area contributed by atoms with Gasteiger partial charge in [-0.05, 0) is 34.6 Å². The molecule has 1 aromatic carbocycles. The molecule has 1 aliphatic carbocycles. The molecule has 0 aliphatic heterocycles. The lowest BCUT2D eigenvalue weighted by atomic mass is 10.00. The van der Waals surface area contributed by atoms with Crippen LogP contribution in [0.3, 0.4) is 0 Å². The number of aliphatic hydroxyl groups is 1. The Bertz CT molecular complexity index is 438. The first-order valence-corrected chi connectivity index (χ1v) is 7.41. The van der Waals surface area contributed by atoms with Crippen LogP contribution in [-0.2, 0) is 0 Å². The fourth-order valence-electron chi connectivity index (χ4n) is 2.96. The molecule has 0 heterocycles. The van der Waals surface area contributed by atoms with Crippen molar-refractivity contribution in [3.05, 3.63) is 32.7 Å². The van der Waals surface area contributed by atoms with E-state index in [2.05, 4.69) is 59.6 Å². The number of benzene rings is 1. The van der Waals surface area contributed by atoms with Gasteiger partial charge in [0.05, 0.1) is 6.10 Å². The van der Waals surface area contributed by atoms with Crippen molar-refractivity contribution in [1.82, 2.24) is 0 Å². The molecule has 1 nitrogen and oxygen atoms in total. The van der Waals surface area contributed by atoms with Gasteiger partial charge in [0.15, 0.2) is 0 Å². The fourth-order valence-corrected chi connectivity index (χ4v) is 3.82. The zero-order valence-electron chi connectivity index (χ0n) is 10.6. The van der Waals surface area contributed by atoms with Crippen LogP contribution in [0.2, 0.25) is 0 Å². The molecule has 1 N–H and O–H groups in total. The van der Waals surface area contributed by atoms with Gasteiger partial charge in [-0.1, -0.05) is 59.6 Å². The van der Waals surface area contributed by atoms with Crippen molar-refractivity contribution >= 4 is 31.9 Å². The Labute approximate surface area is 120 Å². The smallest absolute Gasteiger partial charge is 0.0840 e. The van der Waals surface area contributed by atoms with Crippen molar-refractivity contribution in [2.24, 2.45) is 16.7 Å². The van der Waals surface area contributed by atoms with Gasteiger partial charge in [0, 0.05) is 14.9 Å². The van der Waals surface area contributed by atoms with E-state index in [0.29, 0.717) is 5.92 Å². The second-order valence-electron chi connectivity index (χ2n) is 6.03. The lowest BCUT2D eigenvalue weighted by Gasteiger charge is -2.15. The highest BCUT2D eigenvalue weighted by Gasteiger charge is 2.67. The molecule has 0 radical (unpaired) electrons. The van der Waals surface area contributed by atoms with E-state index in [9.17, 15) is 5.11 Å². The summed E-state index contributed by atoms with van der Waals surface area (Å²) in [5, 5.41) is 10.6. The minimum Gasteiger partial charge on any atom is -0.388 e. The van der Waals surface area contributed by atoms with E-state index in [4.69, 9.17) is 0 Å². The van der Waals surface area contributed by atoms with Crippen molar-refractivity contribution in [3.8, 4) is 0 Å². The molecule has 1 atom stereocenters. The van der Waals surface area contributed by atoms with Gasteiger partial charge in [0.1, 0.15) is 0 Å². The van der Waals surface area contributed by atoms with E-state index >= 15 is 0 Å². The molecule has 1 aromatic rings. The summed E-state index contributed by atoms with van der Waals surface area (Å²) in [5.41, 5.74) is 1.35. The van der Waals surface area contributed by atoms with Crippen LogP contribution in [0.4, 0.5) is 0 Å². The first kappa shape index (κ1) is 13.6. The number of hydrogen-bond donors (Lipinski definition) is 1. The minimum atomic E-state index is -0.410. The summed E-state index contributed by atoms with van der Waals surface area (Å²) in [6, 6.07) is 5.95. The molecular weight excluding hydrogens is 344 g/mol. The summed E-state index contributed by atoms with van der Waals surface area (Å²) in [6.45, 7) is 8.92. The second-order valence-corrected chi connectivity index (χ2v) is 7.80. The second kappa shape index (κ2) is 4.07. The highest BCUT2D eigenvalue weighted by atomic mass is 79.9. The first-order chi connectivity index (χ1) is 7.69. The average Bonchev–Trinajstić information content (AvgIpc) is 2.61. The highest BCUT2D eigenvalue weighted by Crippen LogP contribution is 2.72. The predicted octanol–water partition coefficient (Wildman–Crippen LogP) is 4.93. The van der Waals surface area contributed by atoms with Gasteiger partial charge in [-0.3, -0.25) is 0 Å². The molecule has 1 fully saturated rings. The van der Waals surface area contributed by atoms with E-state index in [-0.39, 0.29) is 10.8 Å². The number of aliphatic hydroxyl groups excluding tert-OH is 1. The first-order valence-electron chi connectivity index (χ1n) is 5.82. The van der Waals surface area contributed by atoms with Crippen LogP contribution in [0.5, 0.6) is 0 Å². The standard InChI is InChI=1S/C14H18Br2O/c1-13(2)12(14(13,3)4)11(17)9-7-8(15)5-6-10(9)16/h5-7,11-12,17H,1-4H3. The number of halogens is 2. The van der Waals surface area contributed by atoms with E-state index < -0.39 is 6.10 Å².